The molecule has 2 saturated heterocycles. The third kappa shape index (κ3) is 1.66. The van der Waals surface area contributed by atoms with Crippen molar-refractivity contribution >= 4 is 11.0 Å². The van der Waals surface area contributed by atoms with E-state index >= 15 is 0 Å². The number of benzene rings is 1. The molecular weight excluding hydrogens is 226 g/mol. The van der Waals surface area contributed by atoms with Crippen molar-refractivity contribution < 1.29 is 9.15 Å². The first-order valence-electron chi connectivity index (χ1n) is 6.74. The molecule has 3 heterocycles. The fourth-order valence-electron chi connectivity index (χ4n) is 3.26. The molecule has 2 aliphatic rings. The molecule has 2 aromatic rings. The van der Waals surface area contributed by atoms with Crippen LogP contribution in [-0.4, -0.2) is 18.2 Å². The van der Waals surface area contributed by atoms with Crippen LogP contribution in [-0.2, 0) is 11.3 Å². The lowest BCUT2D eigenvalue weighted by atomic mass is 9.95. The first kappa shape index (κ1) is 10.6. The van der Waals surface area contributed by atoms with Crippen molar-refractivity contribution in [3.63, 3.8) is 0 Å². The van der Waals surface area contributed by atoms with Gasteiger partial charge in [-0.25, -0.2) is 0 Å². The first-order valence-corrected chi connectivity index (χ1v) is 6.74. The van der Waals surface area contributed by atoms with Crippen molar-refractivity contribution in [2.75, 3.05) is 0 Å². The van der Waals surface area contributed by atoms with Crippen molar-refractivity contribution in [3.8, 4) is 0 Å². The summed E-state index contributed by atoms with van der Waals surface area (Å²) in [5.41, 5.74) is 2.21. The molecule has 3 nitrogen and oxygen atoms in total. The highest BCUT2D eigenvalue weighted by atomic mass is 16.5. The second kappa shape index (κ2) is 4.11. The van der Waals surface area contributed by atoms with Gasteiger partial charge in [-0.15, -0.1) is 0 Å². The van der Waals surface area contributed by atoms with E-state index in [1.165, 1.54) is 30.2 Å². The summed E-state index contributed by atoms with van der Waals surface area (Å²) >= 11 is 0. The highest BCUT2D eigenvalue weighted by Gasteiger charge is 2.40. The molecule has 0 aliphatic carbocycles. The lowest BCUT2D eigenvalue weighted by Gasteiger charge is -2.19. The lowest BCUT2D eigenvalue weighted by molar-refractivity contribution is 0.0973. The second-order valence-electron chi connectivity index (χ2n) is 5.35. The molecule has 4 rings (SSSR count). The molecule has 18 heavy (non-hydrogen) atoms. The predicted octanol–water partition coefficient (Wildman–Crippen LogP) is 2.84. The van der Waals surface area contributed by atoms with E-state index < -0.39 is 0 Å². The summed E-state index contributed by atoms with van der Waals surface area (Å²) < 4.78 is 11.4. The summed E-state index contributed by atoms with van der Waals surface area (Å²) in [4.78, 5) is 0. The lowest BCUT2D eigenvalue weighted by Crippen LogP contribution is -2.36. The zero-order valence-electron chi connectivity index (χ0n) is 10.3. The van der Waals surface area contributed by atoms with Gasteiger partial charge in [-0.3, -0.25) is 0 Å². The fraction of sp³-hybridized carbons (Fsp3) is 0.467. The summed E-state index contributed by atoms with van der Waals surface area (Å²) in [6.07, 6.45) is 6.44. The van der Waals surface area contributed by atoms with Gasteiger partial charge in [0, 0.05) is 23.5 Å². The van der Waals surface area contributed by atoms with Crippen molar-refractivity contribution in [1.82, 2.24) is 5.32 Å². The number of ether oxygens (including phenoxy) is 1. The van der Waals surface area contributed by atoms with Gasteiger partial charge in [0.15, 0.2) is 0 Å². The Morgan fingerprint density at radius 2 is 2.17 bits per heavy atom. The third-order valence-corrected chi connectivity index (χ3v) is 4.22. The molecule has 3 heteroatoms. The van der Waals surface area contributed by atoms with Gasteiger partial charge < -0.3 is 14.5 Å². The van der Waals surface area contributed by atoms with Crippen LogP contribution in [0.4, 0.5) is 0 Å². The van der Waals surface area contributed by atoms with Gasteiger partial charge in [0.05, 0.1) is 18.5 Å². The molecule has 0 radical (unpaired) electrons. The van der Waals surface area contributed by atoms with Crippen molar-refractivity contribution in [3.05, 3.63) is 36.1 Å². The Labute approximate surface area is 106 Å². The Morgan fingerprint density at radius 1 is 1.22 bits per heavy atom. The molecule has 2 aliphatic heterocycles. The van der Waals surface area contributed by atoms with Gasteiger partial charge in [0.25, 0.3) is 0 Å². The van der Waals surface area contributed by atoms with E-state index in [9.17, 15) is 0 Å². The summed E-state index contributed by atoms with van der Waals surface area (Å²) in [6.45, 7) is 0.869. The zero-order chi connectivity index (χ0) is 11.9. The van der Waals surface area contributed by atoms with Crippen LogP contribution in [0.5, 0.6) is 0 Å². The molecule has 0 amide bonds. The first-order chi connectivity index (χ1) is 8.90. The van der Waals surface area contributed by atoms with Gasteiger partial charge in [0.2, 0.25) is 0 Å². The standard InChI is InChI=1S/C15H17NO2/c1-2-4-14-12(3-1)10(9-17-14)8-16-13-7-11-5-6-15(13)18-11/h1-4,9,11,13,15-16H,5-8H2. The van der Waals surface area contributed by atoms with Crippen LogP contribution in [0.25, 0.3) is 11.0 Å². The number of hydrogen-bond donors (Lipinski definition) is 1. The molecule has 3 atom stereocenters. The maximum absolute atomic E-state index is 5.86. The Hall–Kier alpha value is -1.32. The molecule has 1 N–H and O–H groups in total. The van der Waals surface area contributed by atoms with Crippen molar-refractivity contribution in [2.24, 2.45) is 0 Å². The van der Waals surface area contributed by atoms with E-state index in [0.29, 0.717) is 18.2 Å². The van der Waals surface area contributed by atoms with Crippen LogP contribution < -0.4 is 5.32 Å². The van der Waals surface area contributed by atoms with Gasteiger partial charge in [0.1, 0.15) is 5.58 Å². The quantitative estimate of drug-likeness (QED) is 0.900. The SMILES string of the molecule is c1ccc2c(CNC3CC4CCC3O4)coc2c1. The van der Waals surface area contributed by atoms with Gasteiger partial charge in [-0.05, 0) is 25.3 Å². The van der Waals surface area contributed by atoms with Crippen molar-refractivity contribution in [2.45, 2.75) is 44.1 Å². The largest absolute Gasteiger partial charge is 0.464 e. The molecule has 1 aromatic carbocycles. The van der Waals surface area contributed by atoms with Crippen LogP contribution in [0.1, 0.15) is 24.8 Å². The van der Waals surface area contributed by atoms with E-state index in [0.717, 1.165) is 12.1 Å². The van der Waals surface area contributed by atoms with Crippen LogP contribution in [0.15, 0.2) is 34.9 Å². The highest BCUT2D eigenvalue weighted by Crippen LogP contribution is 2.34. The summed E-state index contributed by atoms with van der Waals surface area (Å²) in [6, 6.07) is 8.72. The molecule has 0 spiro atoms. The minimum atomic E-state index is 0.438. The van der Waals surface area contributed by atoms with Gasteiger partial charge >= 0.3 is 0 Å². The van der Waals surface area contributed by atoms with Crippen LogP contribution >= 0.6 is 0 Å². The van der Waals surface area contributed by atoms with E-state index in [4.69, 9.17) is 9.15 Å². The van der Waals surface area contributed by atoms with Crippen molar-refractivity contribution in [1.29, 1.82) is 0 Å². The monoisotopic (exact) mass is 243 g/mol. The average molecular weight is 243 g/mol. The molecule has 2 fully saturated rings. The third-order valence-electron chi connectivity index (χ3n) is 4.22. The molecule has 3 unspecified atom stereocenters. The molecular formula is C15H17NO2. The fourth-order valence-corrected chi connectivity index (χ4v) is 3.26. The Kier molecular flexibility index (Phi) is 2.42. The summed E-state index contributed by atoms with van der Waals surface area (Å²) in [5.74, 6) is 0. The summed E-state index contributed by atoms with van der Waals surface area (Å²) in [7, 11) is 0. The Morgan fingerprint density at radius 3 is 3.00 bits per heavy atom. The normalized spacial score (nSPS) is 30.3. The minimum Gasteiger partial charge on any atom is -0.464 e. The Balaban J connectivity index is 1.48. The number of furan rings is 1. The van der Waals surface area contributed by atoms with Gasteiger partial charge in [-0.2, -0.15) is 0 Å². The number of hydrogen-bond acceptors (Lipinski definition) is 3. The van der Waals surface area contributed by atoms with Crippen LogP contribution in [0.2, 0.25) is 0 Å². The minimum absolute atomic E-state index is 0.438. The molecule has 1 aromatic heterocycles. The predicted molar refractivity (Wildman–Crippen MR) is 69.4 cm³/mol. The van der Waals surface area contributed by atoms with Gasteiger partial charge in [-0.1, -0.05) is 18.2 Å². The van der Waals surface area contributed by atoms with Crippen LogP contribution in [0.3, 0.4) is 0 Å². The van der Waals surface area contributed by atoms with E-state index in [2.05, 4.69) is 17.4 Å². The Bertz CT molecular complexity index is 562. The highest BCUT2D eigenvalue weighted by molar-refractivity contribution is 5.80. The number of nitrogens with one attached hydrogen (secondary N) is 1. The molecule has 0 saturated carbocycles. The zero-order valence-corrected chi connectivity index (χ0v) is 10.3. The number of rotatable bonds is 3. The van der Waals surface area contributed by atoms with Crippen LogP contribution in [0, 0.1) is 0 Å². The average Bonchev–Trinajstić information content (AvgIpc) is 3.11. The smallest absolute Gasteiger partial charge is 0.134 e. The maximum Gasteiger partial charge on any atom is 0.134 e. The summed E-state index contributed by atoms with van der Waals surface area (Å²) in [5, 5.41) is 4.84. The molecule has 94 valence electrons. The number of para-hydroxylation sites is 1. The molecule has 2 bridgehead atoms. The van der Waals surface area contributed by atoms with E-state index in [-0.39, 0.29) is 0 Å². The topological polar surface area (TPSA) is 34.4 Å². The number of fused-ring (bicyclic) bond motifs is 3. The van der Waals surface area contributed by atoms with E-state index in [1.54, 1.807) is 0 Å². The van der Waals surface area contributed by atoms with E-state index in [1.807, 2.05) is 18.4 Å². The maximum atomic E-state index is 5.86. The second-order valence-corrected chi connectivity index (χ2v) is 5.35.